The fourth-order valence-corrected chi connectivity index (χ4v) is 6.89. The zero-order valence-corrected chi connectivity index (χ0v) is 23.1. The van der Waals surface area contributed by atoms with Crippen LogP contribution in [0, 0.1) is 5.92 Å². The fourth-order valence-electron chi connectivity index (χ4n) is 5.57. The molecule has 2 aliphatic rings. The summed E-state index contributed by atoms with van der Waals surface area (Å²) in [7, 11) is 2.24. The molecule has 3 aromatic heterocycles. The minimum absolute atomic E-state index is 0.0749. The summed E-state index contributed by atoms with van der Waals surface area (Å²) in [6, 6.07) is 2.39. The smallest absolute Gasteiger partial charge is 0.155 e. The van der Waals surface area contributed by atoms with E-state index in [1.807, 2.05) is 11.3 Å². The lowest BCUT2D eigenvalue weighted by Gasteiger charge is -2.28. The van der Waals surface area contributed by atoms with E-state index in [0.29, 0.717) is 11.8 Å². The maximum Gasteiger partial charge on any atom is 0.155 e. The highest BCUT2D eigenvalue weighted by molar-refractivity contribution is 7.20. The van der Waals surface area contributed by atoms with Crippen molar-refractivity contribution in [1.82, 2.24) is 19.4 Å². The Balaban J connectivity index is 1.66. The number of aromatic nitrogens is 3. The Morgan fingerprint density at radius 2 is 1.86 bits per heavy atom. The molecule has 1 N–H and O–H groups in total. The number of hydrogen-bond donors (Lipinski definition) is 1. The number of unbranched alkanes of at least 4 members (excludes halogenated alkanes) is 1. The Kier molecular flexibility index (Phi) is 7.38. The monoisotopic (exact) mass is 497 g/mol. The lowest BCUT2D eigenvalue weighted by molar-refractivity contribution is 0.0613. The van der Waals surface area contributed by atoms with Crippen molar-refractivity contribution in [2.45, 2.75) is 90.6 Å². The van der Waals surface area contributed by atoms with Crippen molar-refractivity contribution in [1.29, 1.82) is 0 Å². The predicted molar refractivity (Wildman–Crippen MR) is 148 cm³/mol. The summed E-state index contributed by atoms with van der Waals surface area (Å²) in [5.74, 6) is 3.47. The van der Waals surface area contributed by atoms with E-state index in [0.717, 1.165) is 55.9 Å². The van der Waals surface area contributed by atoms with Crippen molar-refractivity contribution < 1.29 is 4.74 Å². The topological polar surface area (TPSA) is 55.2 Å². The molecule has 0 spiro atoms. The number of imidazole rings is 1. The molecule has 5 rings (SSSR count). The number of hydrogen-bond acceptors (Lipinski definition) is 6. The molecule has 7 heteroatoms. The molecule has 0 saturated carbocycles. The van der Waals surface area contributed by atoms with E-state index in [4.69, 9.17) is 14.7 Å². The predicted octanol–water partition coefficient (Wildman–Crippen LogP) is 6.43. The Morgan fingerprint density at radius 1 is 1.11 bits per heavy atom. The molecule has 2 fully saturated rings. The number of aryl methyl sites for hydroxylation is 1. The van der Waals surface area contributed by atoms with E-state index in [1.165, 1.54) is 59.7 Å². The second-order valence-electron chi connectivity index (χ2n) is 11.8. The molecular formula is C28H43N5OS. The molecule has 0 unspecified atom stereocenters. The van der Waals surface area contributed by atoms with Crippen LogP contribution in [-0.4, -0.2) is 58.3 Å². The maximum absolute atomic E-state index is 5.68. The molecule has 35 heavy (non-hydrogen) atoms. The zero-order chi connectivity index (χ0) is 24.6. The molecule has 6 nitrogen and oxygen atoms in total. The summed E-state index contributed by atoms with van der Waals surface area (Å²) in [4.78, 5) is 14.4. The Hall–Kier alpha value is -1.70. The molecule has 0 amide bonds. The minimum Gasteiger partial charge on any atom is -0.381 e. The molecule has 192 valence electrons. The number of nitrogens with zero attached hydrogens (tertiary/aromatic N) is 4. The highest BCUT2D eigenvalue weighted by Crippen LogP contribution is 2.41. The number of piperidine rings is 1. The third kappa shape index (κ3) is 5.52. The Morgan fingerprint density at radius 3 is 2.54 bits per heavy atom. The average molecular weight is 498 g/mol. The van der Waals surface area contributed by atoms with E-state index < -0.39 is 0 Å². The molecule has 2 saturated heterocycles. The first-order valence-electron chi connectivity index (χ1n) is 13.7. The van der Waals surface area contributed by atoms with Crippen LogP contribution in [0.25, 0.3) is 21.3 Å². The van der Waals surface area contributed by atoms with Crippen molar-refractivity contribution in [3.8, 4) is 0 Å². The summed E-state index contributed by atoms with van der Waals surface area (Å²) in [6.07, 6.45) is 8.13. The van der Waals surface area contributed by atoms with Gasteiger partial charge in [0, 0.05) is 36.6 Å². The lowest BCUT2D eigenvalue weighted by atomic mass is 9.95. The van der Waals surface area contributed by atoms with E-state index in [1.54, 1.807) is 0 Å². The van der Waals surface area contributed by atoms with Gasteiger partial charge in [-0.05, 0) is 90.9 Å². The number of anilines is 1. The minimum atomic E-state index is -0.0749. The SMILES string of the molecule is CCCCc1nc2c(NC(C)(C)C)nc3cc(C4CCN(C)CC4)sc3c2n1CC1CCOCC1. The number of fused-ring (bicyclic) bond motifs is 3. The summed E-state index contributed by atoms with van der Waals surface area (Å²) >= 11 is 1.98. The van der Waals surface area contributed by atoms with Crippen LogP contribution in [0.2, 0.25) is 0 Å². The van der Waals surface area contributed by atoms with Gasteiger partial charge in [-0.2, -0.15) is 0 Å². The van der Waals surface area contributed by atoms with Gasteiger partial charge in [-0.15, -0.1) is 11.3 Å². The molecule has 0 aromatic carbocycles. The molecule has 0 bridgehead atoms. The van der Waals surface area contributed by atoms with Crippen LogP contribution in [0.3, 0.4) is 0 Å². The van der Waals surface area contributed by atoms with E-state index in [-0.39, 0.29) is 5.54 Å². The zero-order valence-electron chi connectivity index (χ0n) is 22.3. The van der Waals surface area contributed by atoms with Crippen LogP contribution in [0.5, 0.6) is 0 Å². The first-order valence-corrected chi connectivity index (χ1v) is 14.5. The highest BCUT2D eigenvalue weighted by atomic mass is 32.1. The lowest BCUT2D eigenvalue weighted by Crippen LogP contribution is -2.28. The number of likely N-dealkylation sites (tertiary alicyclic amines) is 1. The largest absolute Gasteiger partial charge is 0.381 e. The van der Waals surface area contributed by atoms with Crippen molar-refractivity contribution in [2.24, 2.45) is 5.92 Å². The molecule has 0 aliphatic carbocycles. The number of nitrogens with one attached hydrogen (secondary N) is 1. The number of rotatable bonds is 7. The first-order chi connectivity index (χ1) is 16.8. The Bertz CT molecular complexity index is 1150. The van der Waals surface area contributed by atoms with Gasteiger partial charge < -0.3 is 19.5 Å². The van der Waals surface area contributed by atoms with Crippen LogP contribution in [0.15, 0.2) is 6.07 Å². The van der Waals surface area contributed by atoms with Crippen LogP contribution < -0.4 is 5.32 Å². The summed E-state index contributed by atoms with van der Waals surface area (Å²) in [5, 5.41) is 3.70. The number of pyridine rings is 1. The Labute approximate surface area is 214 Å². The molecular weight excluding hydrogens is 454 g/mol. The van der Waals surface area contributed by atoms with Gasteiger partial charge in [0.15, 0.2) is 5.82 Å². The van der Waals surface area contributed by atoms with Crippen molar-refractivity contribution in [3.05, 3.63) is 16.8 Å². The normalized spacial score (nSPS) is 19.2. The van der Waals surface area contributed by atoms with E-state index in [2.05, 4.69) is 55.6 Å². The van der Waals surface area contributed by atoms with Crippen LogP contribution in [-0.2, 0) is 17.7 Å². The molecule has 2 aliphatic heterocycles. The van der Waals surface area contributed by atoms with E-state index in [9.17, 15) is 0 Å². The van der Waals surface area contributed by atoms with Crippen molar-refractivity contribution in [2.75, 3.05) is 38.7 Å². The van der Waals surface area contributed by atoms with Crippen LogP contribution in [0.4, 0.5) is 5.82 Å². The van der Waals surface area contributed by atoms with Gasteiger partial charge in [0.05, 0.1) is 15.7 Å². The van der Waals surface area contributed by atoms with Gasteiger partial charge in [-0.3, -0.25) is 0 Å². The quantitative estimate of drug-likeness (QED) is 0.407. The van der Waals surface area contributed by atoms with Gasteiger partial charge in [0.1, 0.15) is 11.3 Å². The first kappa shape index (κ1) is 25.0. The second kappa shape index (κ2) is 10.3. The van der Waals surface area contributed by atoms with Gasteiger partial charge in [0.25, 0.3) is 0 Å². The van der Waals surface area contributed by atoms with Gasteiger partial charge >= 0.3 is 0 Å². The number of ether oxygens (including phenoxy) is 1. The van der Waals surface area contributed by atoms with Crippen molar-refractivity contribution >= 4 is 38.4 Å². The summed E-state index contributed by atoms with van der Waals surface area (Å²) in [5.41, 5.74) is 3.43. The average Bonchev–Trinajstić information content (AvgIpc) is 3.40. The van der Waals surface area contributed by atoms with Crippen molar-refractivity contribution in [3.63, 3.8) is 0 Å². The van der Waals surface area contributed by atoms with Gasteiger partial charge in [-0.25, -0.2) is 9.97 Å². The van der Waals surface area contributed by atoms with Crippen LogP contribution >= 0.6 is 11.3 Å². The molecule has 5 heterocycles. The van der Waals surface area contributed by atoms with Crippen LogP contribution in [0.1, 0.15) is 82.8 Å². The summed E-state index contributed by atoms with van der Waals surface area (Å²) < 4.78 is 9.58. The van der Waals surface area contributed by atoms with Gasteiger partial charge in [-0.1, -0.05) is 13.3 Å². The third-order valence-electron chi connectivity index (χ3n) is 7.60. The molecule has 0 atom stereocenters. The van der Waals surface area contributed by atoms with Gasteiger partial charge in [0.2, 0.25) is 0 Å². The van der Waals surface area contributed by atoms with E-state index >= 15 is 0 Å². The maximum atomic E-state index is 5.68. The summed E-state index contributed by atoms with van der Waals surface area (Å²) in [6.45, 7) is 14.1. The highest BCUT2D eigenvalue weighted by Gasteiger charge is 2.27. The molecule has 3 aromatic rings. The standard InChI is InChI=1S/C28H43N5OS/c1-6-7-8-23-30-24-25(33(23)18-19-11-15-34-16-12-19)26-21(29-27(24)31-28(2,3)4)17-22(35-26)20-9-13-32(5)14-10-20/h17,19-20H,6-16,18H2,1-5H3,(H,29,31). The fraction of sp³-hybridized carbons (Fsp3) is 0.714. The third-order valence-corrected chi connectivity index (χ3v) is 8.89. The second-order valence-corrected chi connectivity index (χ2v) is 12.9. The molecule has 0 radical (unpaired) electrons. The number of thiophene rings is 1.